The lowest BCUT2D eigenvalue weighted by molar-refractivity contribution is -0.128. The Kier molecular flexibility index (Phi) is 10.8. The second-order valence-corrected chi connectivity index (χ2v) is 12.6. The molecule has 0 saturated carbocycles. The molecular weight excluding hydrogens is 574 g/mol. The van der Waals surface area contributed by atoms with Crippen LogP contribution in [0.3, 0.4) is 0 Å². The third kappa shape index (κ3) is 9.02. The number of benzene rings is 3. The number of aliphatic hydroxyl groups is 1. The van der Waals surface area contributed by atoms with Crippen molar-refractivity contribution in [2.75, 3.05) is 13.1 Å². The van der Waals surface area contributed by atoms with E-state index in [-0.39, 0.29) is 36.2 Å². The van der Waals surface area contributed by atoms with Crippen molar-refractivity contribution in [3.05, 3.63) is 77.9 Å². The van der Waals surface area contributed by atoms with E-state index in [1.165, 1.54) is 12.1 Å². The second kappa shape index (κ2) is 14.5. The molecule has 0 aromatic heterocycles. The Labute approximate surface area is 263 Å². The molecular formula is C34H43N5O6. The molecule has 1 heterocycles. The largest absolute Gasteiger partial charge is 0.508 e. The van der Waals surface area contributed by atoms with Gasteiger partial charge in [-0.1, -0.05) is 42.5 Å². The van der Waals surface area contributed by atoms with Gasteiger partial charge in [-0.25, -0.2) is 0 Å². The van der Waals surface area contributed by atoms with Crippen LogP contribution in [-0.4, -0.2) is 81.6 Å². The molecule has 3 aromatic carbocycles. The first-order valence-electron chi connectivity index (χ1n) is 15.2. The molecule has 1 saturated heterocycles. The summed E-state index contributed by atoms with van der Waals surface area (Å²) in [5, 5.41) is 30.9. The van der Waals surface area contributed by atoms with Crippen molar-refractivity contribution >= 4 is 34.4 Å². The minimum absolute atomic E-state index is 0.0602. The third-order valence-corrected chi connectivity index (χ3v) is 8.13. The predicted molar refractivity (Wildman–Crippen MR) is 171 cm³/mol. The van der Waals surface area contributed by atoms with Crippen molar-refractivity contribution < 1.29 is 29.4 Å². The fourth-order valence-electron chi connectivity index (χ4n) is 5.74. The maximum Gasteiger partial charge on any atom is 0.251 e. The fourth-order valence-corrected chi connectivity index (χ4v) is 5.74. The second-order valence-electron chi connectivity index (χ2n) is 12.6. The zero-order valence-electron chi connectivity index (χ0n) is 26.0. The van der Waals surface area contributed by atoms with Crippen molar-refractivity contribution in [1.82, 2.24) is 20.9 Å². The van der Waals surface area contributed by atoms with E-state index in [4.69, 9.17) is 5.73 Å². The summed E-state index contributed by atoms with van der Waals surface area (Å²) in [5.41, 5.74) is 6.24. The Bertz CT molecular complexity index is 1520. The average molecular weight is 618 g/mol. The highest BCUT2D eigenvalue weighted by atomic mass is 16.3. The maximum atomic E-state index is 13.5. The molecule has 240 valence electrons. The molecule has 11 heteroatoms. The summed E-state index contributed by atoms with van der Waals surface area (Å²) in [5.74, 6) is -2.22. The smallest absolute Gasteiger partial charge is 0.251 e. The Balaban J connectivity index is 1.48. The number of likely N-dealkylation sites (tertiary alicyclic amines) is 1. The van der Waals surface area contributed by atoms with E-state index in [1.807, 2.05) is 24.3 Å². The number of carbonyl (C=O) groups is 4. The molecule has 1 aliphatic rings. The molecule has 0 aliphatic carbocycles. The molecule has 11 nitrogen and oxygen atoms in total. The highest BCUT2D eigenvalue weighted by molar-refractivity contribution is 6.01. The van der Waals surface area contributed by atoms with Gasteiger partial charge in [0.05, 0.1) is 24.6 Å². The minimum Gasteiger partial charge on any atom is -0.508 e. The lowest BCUT2D eigenvalue weighted by Gasteiger charge is -2.36. The topological polar surface area (TPSA) is 174 Å². The molecule has 0 bridgehead atoms. The minimum atomic E-state index is -1.32. The van der Waals surface area contributed by atoms with Crippen LogP contribution in [0.4, 0.5) is 0 Å². The number of phenolic OH excluding ortho intramolecular Hbond substituents is 1. The summed E-state index contributed by atoms with van der Waals surface area (Å²) in [7, 11) is 0. The van der Waals surface area contributed by atoms with E-state index in [0.29, 0.717) is 17.5 Å². The van der Waals surface area contributed by atoms with Crippen LogP contribution in [0.25, 0.3) is 10.8 Å². The molecule has 45 heavy (non-hydrogen) atoms. The highest BCUT2D eigenvalue weighted by Crippen LogP contribution is 2.26. The number of fused-ring (bicyclic) bond motifs is 1. The monoisotopic (exact) mass is 617 g/mol. The number of aliphatic hydroxyl groups excluding tert-OH is 1. The van der Waals surface area contributed by atoms with Crippen molar-refractivity contribution in [2.24, 2.45) is 5.73 Å². The Morgan fingerprint density at radius 1 is 0.978 bits per heavy atom. The summed E-state index contributed by atoms with van der Waals surface area (Å²) < 4.78 is 0. The highest BCUT2D eigenvalue weighted by Gasteiger charge is 2.37. The first-order valence-corrected chi connectivity index (χ1v) is 15.2. The van der Waals surface area contributed by atoms with Gasteiger partial charge < -0.3 is 31.9 Å². The predicted octanol–water partition coefficient (Wildman–Crippen LogP) is 1.99. The van der Waals surface area contributed by atoms with Crippen molar-refractivity contribution in [1.29, 1.82) is 0 Å². The van der Waals surface area contributed by atoms with Gasteiger partial charge in [-0.2, -0.15) is 0 Å². The molecule has 7 N–H and O–H groups in total. The van der Waals surface area contributed by atoms with E-state index in [2.05, 4.69) is 41.6 Å². The van der Waals surface area contributed by atoms with E-state index < -0.39 is 42.3 Å². The van der Waals surface area contributed by atoms with Gasteiger partial charge in [0.2, 0.25) is 17.7 Å². The number of hydrogen-bond donors (Lipinski definition) is 6. The molecule has 0 radical (unpaired) electrons. The number of nitrogens with two attached hydrogens (primary N) is 1. The van der Waals surface area contributed by atoms with Crippen LogP contribution in [0.2, 0.25) is 0 Å². The summed E-state index contributed by atoms with van der Waals surface area (Å²) in [6, 6.07) is 16.3. The van der Waals surface area contributed by atoms with Crippen molar-refractivity contribution in [2.45, 2.75) is 76.2 Å². The molecule has 1 fully saturated rings. The Morgan fingerprint density at radius 3 is 2.33 bits per heavy atom. The van der Waals surface area contributed by atoms with E-state index >= 15 is 0 Å². The van der Waals surface area contributed by atoms with Crippen molar-refractivity contribution in [3.8, 4) is 5.75 Å². The Hall–Kier alpha value is -4.48. The number of nitrogens with one attached hydrogen (secondary N) is 3. The van der Waals surface area contributed by atoms with Crippen LogP contribution in [-0.2, 0) is 20.8 Å². The Morgan fingerprint density at radius 2 is 1.67 bits per heavy atom. The SMILES string of the molecule is CC(C)(C)N1CCC[C@H]1C(=O)NC[C@@H](O)[C@H](Cc1ccc(O)cc1)NC(=O)[C@H](CC(N)=O)NC(=O)c1ccc2ccccc2c1. The number of aromatic hydroxyl groups is 1. The van der Waals surface area contributed by atoms with Gasteiger partial charge in [0.25, 0.3) is 5.91 Å². The van der Waals surface area contributed by atoms with Crippen LogP contribution in [0.5, 0.6) is 5.75 Å². The number of carbonyl (C=O) groups excluding carboxylic acids is 4. The van der Waals surface area contributed by atoms with Crippen LogP contribution in [0.1, 0.15) is 56.0 Å². The standard InChI is InChI=1S/C34H43N5O6/c1-34(2,3)39-16-6-9-28(39)33(45)36-20-29(41)26(17-21-10-14-25(40)15-11-21)37-32(44)27(19-30(35)42)38-31(43)24-13-12-22-7-4-5-8-23(22)18-24/h4-5,7-8,10-15,18,26-29,40-41H,6,9,16-17,19-20H2,1-3H3,(H2,35,42)(H,36,45)(H,37,44)(H,38,43)/t26-,27-,28-,29+/m0/s1. The molecule has 1 aliphatic heterocycles. The number of rotatable bonds is 12. The molecule has 4 rings (SSSR count). The van der Waals surface area contributed by atoms with E-state index in [0.717, 1.165) is 23.7 Å². The molecule has 3 aromatic rings. The summed E-state index contributed by atoms with van der Waals surface area (Å²) in [4.78, 5) is 53.9. The maximum absolute atomic E-state index is 13.5. The number of amides is 4. The normalized spacial score (nSPS) is 17.3. The quantitative estimate of drug-likeness (QED) is 0.180. The number of hydrogen-bond acceptors (Lipinski definition) is 7. The average Bonchev–Trinajstić information content (AvgIpc) is 3.51. The van der Waals surface area contributed by atoms with Crippen LogP contribution in [0.15, 0.2) is 66.7 Å². The van der Waals surface area contributed by atoms with Gasteiger partial charge in [0.1, 0.15) is 11.8 Å². The molecule has 0 spiro atoms. The van der Waals surface area contributed by atoms with E-state index in [1.54, 1.807) is 30.3 Å². The first-order chi connectivity index (χ1) is 21.3. The van der Waals surface area contributed by atoms with Crippen LogP contribution < -0.4 is 21.7 Å². The summed E-state index contributed by atoms with van der Waals surface area (Å²) in [6.07, 6.45) is 0.0560. The van der Waals surface area contributed by atoms with Gasteiger partial charge >= 0.3 is 0 Å². The molecule has 4 atom stereocenters. The summed E-state index contributed by atoms with van der Waals surface area (Å²) in [6.45, 7) is 6.82. The number of primary amides is 1. The fraction of sp³-hybridized carbons (Fsp3) is 0.412. The summed E-state index contributed by atoms with van der Waals surface area (Å²) >= 11 is 0. The van der Waals surface area contributed by atoms with Gasteiger partial charge in [0.15, 0.2) is 0 Å². The number of nitrogens with zero attached hydrogens (tertiary/aromatic N) is 1. The van der Waals surface area contributed by atoms with Gasteiger partial charge in [-0.3, -0.25) is 24.1 Å². The van der Waals surface area contributed by atoms with Gasteiger partial charge in [-0.15, -0.1) is 0 Å². The molecule has 0 unspecified atom stereocenters. The first kappa shape index (κ1) is 33.4. The lowest BCUT2D eigenvalue weighted by atomic mass is 9.99. The third-order valence-electron chi connectivity index (χ3n) is 8.13. The molecule has 4 amide bonds. The van der Waals surface area contributed by atoms with Crippen molar-refractivity contribution in [3.63, 3.8) is 0 Å². The number of phenols is 1. The van der Waals surface area contributed by atoms with Crippen LogP contribution >= 0.6 is 0 Å². The zero-order valence-corrected chi connectivity index (χ0v) is 26.0. The lowest BCUT2D eigenvalue weighted by Crippen LogP contribution is -2.57. The van der Waals surface area contributed by atoms with Gasteiger partial charge in [-0.05, 0) is 87.2 Å². The van der Waals surface area contributed by atoms with Crippen LogP contribution in [0, 0.1) is 0 Å². The van der Waals surface area contributed by atoms with Gasteiger partial charge in [0, 0.05) is 17.6 Å². The zero-order chi connectivity index (χ0) is 32.7. The van der Waals surface area contributed by atoms with E-state index in [9.17, 15) is 29.4 Å².